The van der Waals surface area contributed by atoms with Crippen LogP contribution in [-0.4, -0.2) is 25.1 Å². The van der Waals surface area contributed by atoms with Crippen LogP contribution in [0.4, 0.5) is 5.69 Å². The van der Waals surface area contributed by atoms with Gasteiger partial charge in [0.25, 0.3) is 0 Å². The summed E-state index contributed by atoms with van der Waals surface area (Å²) in [5.74, 6) is 0.765. The Morgan fingerprint density at radius 1 is 1.35 bits per heavy atom. The van der Waals surface area contributed by atoms with E-state index in [9.17, 15) is 4.79 Å². The Hall–Kier alpha value is -1.55. The van der Waals surface area contributed by atoms with Gasteiger partial charge in [0.1, 0.15) is 5.75 Å². The molecule has 0 saturated heterocycles. The molecule has 0 spiro atoms. The van der Waals surface area contributed by atoms with Crippen molar-refractivity contribution in [3.63, 3.8) is 0 Å². The molecule has 0 aliphatic heterocycles. The summed E-state index contributed by atoms with van der Waals surface area (Å²) >= 11 is 0. The van der Waals surface area contributed by atoms with Gasteiger partial charge in [-0.3, -0.25) is 4.79 Å². The fourth-order valence-corrected chi connectivity index (χ4v) is 1.86. The van der Waals surface area contributed by atoms with Crippen LogP contribution in [0.2, 0.25) is 0 Å². The van der Waals surface area contributed by atoms with E-state index in [0.29, 0.717) is 19.1 Å². The molecule has 0 heterocycles. The Labute approximate surface area is 121 Å². The SMILES string of the molecule is CCOc1cc(C)ccc1NC(=O)CCCNC(C)C. The van der Waals surface area contributed by atoms with Crippen molar-refractivity contribution in [1.29, 1.82) is 0 Å². The molecule has 0 fully saturated rings. The molecule has 0 unspecified atom stereocenters. The number of carbonyl (C=O) groups is 1. The highest BCUT2D eigenvalue weighted by Crippen LogP contribution is 2.25. The summed E-state index contributed by atoms with van der Waals surface area (Å²) in [7, 11) is 0. The second-order valence-electron chi connectivity index (χ2n) is 5.19. The summed E-state index contributed by atoms with van der Waals surface area (Å²) in [6.45, 7) is 9.58. The maximum absolute atomic E-state index is 11.9. The lowest BCUT2D eigenvalue weighted by Gasteiger charge is -2.12. The van der Waals surface area contributed by atoms with Gasteiger partial charge in [-0.05, 0) is 44.5 Å². The molecule has 0 aliphatic carbocycles. The predicted molar refractivity (Wildman–Crippen MR) is 83.4 cm³/mol. The second-order valence-corrected chi connectivity index (χ2v) is 5.19. The molecule has 2 N–H and O–H groups in total. The number of nitrogens with one attached hydrogen (secondary N) is 2. The van der Waals surface area contributed by atoms with Gasteiger partial charge < -0.3 is 15.4 Å². The van der Waals surface area contributed by atoms with Crippen LogP contribution in [-0.2, 0) is 4.79 Å². The van der Waals surface area contributed by atoms with Crippen molar-refractivity contribution in [3.05, 3.63) is 23.8 Å². The number of benzene rings is 1. The Morgan fingerprint density at radius 2 is 2.10 bits per heavy atom. The summed E-state index contributed by atoms with van der Waals surface area (Å²) in [6, 6.07) is 6.27. The minimum absolute atomic E-state index is 0.0281. The molecule has 0 aromatic heterocycles. The van der Waals surface area contributed by atoms with Gasteiger partial charge in [-0.1, -0.05) is 19.9 Å². The monoisotopic (exact) mass is 278 g/mol. The Kier molecular flexibility index (Phi) is 7.09. The molecule has 4 nitrogen and oxygen atoms in total. The van der Waals surface area contributed by atoms with Gasteiger partial charge in [0, 0.05) is 12.5 Å². The van der Waals surface area contributed by atoms with Crippen LogP contribution in [0.15, 0.2) is 18.2 Å². The van der Waals surface area contributed by atoms with Gasteiger partial charge in [0.05, 0.1) is 12.3 Å². The van der Waals surface area contributed by atoms with E-state index in [-0.39, 0.29) is 5.91 Å². The zero-order valence-electron chi connectivity index (χ0n) is 13.0. The highest BCUT2D eigenvalue weighted by molar-refractivity contribution is 5.92. The van der Waals surface area contributed by atoms with Crippen molar-refractivity contribution in [2.75, 3.05) is 18.5 Å². The molecule has 1 amide bonds. The van der Waals surface area contributed by atoms with Gasteiger partial charge in [0.2, 0.25) is 5.91 Å². The third-order valence-corrected chi connectivity index (χ3v) is 2.84. The van der Waals surface area contributed by atoms with Gasteiger partial charge >= 0.3 is 0 Å². The number of aryl methyl sites for hydroxylation is 1. The van der Waals surface area contributed by atoms with E-state index in [1.165, 1.54) is 0 Å². The molecule has 0 atom stereocenters. The molecule has 0 aliphatic rings. The molecule has 1 aromatic rings. The Balaban J connectivity index is 2.48. The third kappa shape index (κ3) is 6.06. The van der Waals surface area contributed by atoms with Gasteiger partial charge in [-0.15, -0.1) is 0 Å². The topological polar surface area (TPSA) is 50.4 Å². The largest absolute Gasteiger partial charge is 0.492 e. The van der Waals surface area contributed by atoms with E-state index in [1.807, 2.05) is 32.0 Å². The molecule has 0 radical (unpaired) electrons. The first-order chi connectivity index (χ1) is 9.52. The van der Waals surface area contributed by atoms with Crippen LogP contribution >= 0.6 is 0 Å². The zero-order valence-corrected chi connectivity index (χ0v) is 13.0. The van der Waals surface area contributed by atoms with Gasteiger partial charge in [0.15, 0.2) is 0 Å². The summed E-state index contributed by atoms with van der Waals surface area (Å²) < 4.78 is 5.55. The quantitative estimate of drug-likeness (QED) is 0.718. The summed E-state index contributed by atoms with van der Waals surface area (Å²) in [5.41, 5.74) is 1.87. The minimum atomic E-state index is 0.0281. The average molecular weight is 278 g/mol. The lowest BCUT2D eigenvalue weighted by molar-refractivity contribution is -0.116. The summed E-state index contributed by atoms with van der Waals surface area (Å²) in [5, 5.41) is 6.22. The van der Waals surface area contributed by atoms with Crippen molar-refractivity contribution in [3.8, 4) is 5.75 Å². The Morgan fingerprint density at radius 3 is 2.75 bits per heavy atom. The fraction of sp³-hybridized carbons (Fsp3) is 0.562. The minimum Gasteiger partial charge on any atom is -0.492 e. The molecular weight excluding hydrogens is 252 g/mol. The first-order valence-corrected chi connectivity index (χ1v) is 7.29. The van der Waals surface area contributed by atoms with Crippen LogP contribution in [0.5, 0.6) is 5.75 Å². The van der Waals surface area contributed by atoms with E-state index in [1.54, 1.807) is 0 Å². The number of amides is 1. The highest BCUT2D eigenvalue weighted by Gasteiger charge is 2.08. The van der Waals surface area contributed by atoms with E-state index in [0.717, 1.165) is 30.0 Å². The fourth-order valence-electron chi connectivity index (χ4n) is 1.86. The highest BCUT2D eigenvalue weighted by atomic mass is 16.5. The average Bonchev–Trinajstić information content (AvgIpc) is 2.38. The maximum atomic E-state index is 11.9. The molecule has 112 valence electrons. The lowest BCUT2D eigenvalue weighted by Crippen LogP contribution is -2.24. The second kappa shape index (κ2) is 8.59. The van der Waals surface area contributed by atoms with Crippen molar-refractivity contribution < 1.29 is 9.53 Å². The number of rotatable bonds is 8. The van der Waals surface area contributed by atoms with Crippen LogP contribution in [0, 0.1) is 6.92 Å². The number of ether oxygens (including phenoxy) is 1. The van der Waals surface area contributed by atoms with Crippen LogP contribution in [0.25, 0.3) is 0 Å². The first-order valence-electron chi connectivity index (χ1n) is 7.29. The van der Waals surface area contributed by atoms with E-state index in [4.69, 9.17) is 4.74 Å². The van der Waals surface area contributed by atoms with Crippen LogP contribution < -0.4 is 15.4 Å². The third-order valence-electron chi connectivity index (χ3n) is 2.84. The molecule has 1 aromatic carbocycles. The lowest BCUT2D eigenvalue weighted by atomic mass is 10.2. The van der Waals surface area contributed by atoms with E-state index in [2.05, 4.69) is 24.5 Å². The molecule has 0 bridgehead atoms. The van der Waals surface area contributed by atoms with Crippen molar-refractivity contribution in [1.82, 2.24) is 5.32 Å². The smallest absolute Gasteiger partial charge is 0.224 e. The molecule has 4 heteroatoms. The van der Waals surface area contributed by atoms with Crippen molar-refractivity contribution in [2.45, 2.75) is 46.6 Å². The van der Waals surface area contributed by atoms with Gasteiger partial charge in [-0.2, -0.15) is 0 Å². The number of hydrogen-bond acceptors (Lipinski definition) is 3. The number of hydrogen-bond donors (Lipinski definition) is 2. The number of anilines is 1. The standard InChI is InChI=1S/C16H26N2O2/c1-5-20-15-11-13(4)8-9-14(15)18-16(19)7-6-10-17-12(2)3/h8-9,11-12,17H,5-7,10H2,1-4H3,(H,18,19). The van der Waals surface area contributed by atoms with E-state index < -0.39 is 0 Å². The summed E-state index contributed by atoms with van der Waals surface area (Å²) in [6.07, 6.45) is 1.35. The van der Waals surface area contributed by atoms with Crippen LogP contribution in [0.3, 0.4) is 0 Å². The van der Waals surface area contributed by atoms with Crippen molar-refractivity contribution in [2.24, 2.45) is 0 Å². The Bertz CT molecular complexity index is 430. The van der Waals surface area contributed by atoms with Crippen LogP contribution in [0.1, 0.15) is 39.2 Å². The molecular formula is C16H26N2O2. The molecule has 0 saturated carbocycles. The zero-order chi connectivity index (χ0) is 15.0. The maximum Gasteiger partial charge on any atom is 0.224 e. The molecule has 20 heavy (non-hydrogen) atoms. The first kappa shape index (κ1) is 16.5. The normalized spacial score (nSPS) is 10.7. The van der Waals surface area contributed by atoms with Crippen molar-refractivity contribution >= 4 is 11.6 Å². The number of carbonyl (C=O) groups excluding carboxylic acids is 1. The van der Waals surface area contributed by atoms with E-state index >= 15 is 0 Å². The summed E-state index contributed by atoms with van der Waals surface area (Å²) in [4.78, 5) is 11.9. The van der Waals surface area contributed by atoms with Gasteiger partial charge in [-0.25, -0.2) is 0 Å². The molecule has 1 rings (SSSR count). The predicted octanol–water partition coefficient (Wildman–Crippen LogP) is 3.11.